The van der Waals surface area contributed by atoms with Crippen molar-refractivity contribution in [2.45, 2.75) is 13.8 Å². The first-order valence-corrected chi connectivity index (χ1v) is 6.68. The van der Waals surface area contributed by atoms with Crippen molar-refractivity contribution in [3.05, 3.63) is 49.3 Å². The highest BCUT2D eigenvalue weighted by Crippen LogP contribution is 2.38. The van der Waals surface area contributed by atoms with Crippen LogP contribution in [0.4, 0.5) is 5.69 Å². The predicted octanol–water partition coefficient (Wildman–Crippen LogP) is 4.21. The number of rotatable bonds is 3. The second kappa shape index (κ2) is 5.72. The van der Waals surface area contributed by atoms with Crippen molar-refractivity contribution in [3.8, 4) is 11.6 Å². The number of halogens is 2. The molecule has 0 fully saturated rings. The van der Waals surface area contributed by atoms with Crippen molar-refractivity contribution in [2.75, 3.05) is 0 Å². The lowest BCUT2D eigenvalue weighted by Crippen LogP contribution is -2.00. The third-order valence-corrected chi connectivity index (χ3v) is 3.45. The number of aromatic nitrogens is 2. The minimum Gasteiger partial charge on any atom is -0.428 e. The molecule has 0 bridgehead atoms. The van der Waals surface area contributed by atoms with Gasteiger partial charge in [-0.2, -0.15) is 0 Å². The summed E-state index contributed by atoms with van der Waals surface area (Å²) in [6.45, 7) is 3.51. The molecule has 104 valence electrons. The van der Waals surface area contributed by atoms with Gasteiger partial charge in [-0.25, -0.2) is 9.97 Å². The molecule has 0 radical (unpaired) electrons. The molecule has 1 heterocycles. The Morgan fingerprint density at radius 1 is 1.30 bits per heavy atom. The molecular weight excluding hydrogens is 350 g/mol. The van der Waals surface area contributed by atoms with E-state index in [1.54, 1.807) is 26.0 Å². The number of aryl methyl sites for hydroxylation is 2. The second-order valence-corrected chi connectivity index (χ2v) is 5.15. The Morgan fingerprint density at radius 2 is 1.95 bits per heavy atom. The van der Waals surface area contributed by atoms with Gasteiger partial charge in [-0.15, -0.1) is 0 Å². The van der Waals surface area contributed by atoms with Crippen LogP contribution >= 0.6 is 27.5 Å². The first-order valence-electron chi connectivity index (χ1n) is 5.51. The van der Waals surface area contributed by atoms with Crippen LogP contribution < -0.4 is 4.74 Å². The molecule has 20 heavy (non-hydrogen) atoms. The second-order valence-electron chi connectivity index (χ2n) is 3.94. The highest BCUT2D eigenvalue weighted by Gasteiger charge is 2.21. The molecule has 0 aliphatic rings. The summed E-state index contributed by atoms with van der Waals surface area (Å²) in [5, 5.41) is 11.1. The van der Waals surface area contributed by atoms with Gasteiger partial charge in [-0.1, -0.05) is 17.7 Å². The summed E-state index contributed by atoms with van der Waals surface area (Å²) in [4.78, 5) is 18.7. The van der Waals surface area contributed by atoms with Crippen molar-refractivity contribution < 1.29 is 9.66 Å². The Balaban J connectivity index is 2.50. The highest BCUT2D eigenvalue weighted by molar-refractivity contribution is 9.10. The lowest BCUT2D eigenvalue weighted by molar-refractivity contribution is -0.385. The monoisotopic (exact) mass is 357 g/mol. The maximum atomic E-state index is 11.0. The van der Waals surface area contributed by atoms with Crippen LogP contribution in [-0.2, 0) is 0 Å². The number of para-hydroxylation sites is 1. The topological polar surface area (TPSA) is 78.2 Å². The van der Waals surface area contributed by atoms with Gasteiger partial charge in [-0.3, -0.25) is 10.1 Å². The molecule has 8 heteroatoms. The molecule has 2 rings (SSSR count). The number of nitro groups is 1. The fourth-order valence-electron chi connectivity index (χ4n) is 1.46. The fourth-order valence-corrected chi connectivity index (χ4v) is 2.10. The van der Waals surface area contributed by atoms with Crippen LogP contribution in [0.1, 0.15) is 11.4 Å². The Kier molecular flexibility index (Phi) is 4.20. The van der Waals surface area contributed by atoms with Gasteiger partial charge < -0.3 is 4.74 Å². The smallest absolute Gasteiger partial charge is 0.312 e. The summed E-state index contributed by atoms with van der Waals surface area (Å²) in [7, 11) is 0. The average molecular weight is 359 g/mol. The summed E-state index contributed by atoms with van der Waals surface area (Å²) in [6, 6.07) is 4.51. The minimum atomic E-state index is -0.539. The summed E-state index contributed by atoms with van der Waals surface area (Å²) in [6.07, 6.45) is 0. The maximum absolute atomic E-state index is 11.0. The lowest BCUT2D eigenvalue weighted by Gasteiger charge is -2.09. The highest BCUT2D eigenvalue weighted by atomic mass is 79.9. The van der Waals surface area contributed by atoms with Crippen LogP contribution in [0, 0.1) is 24.0 Å². The SMILES string of the molecule is Cc1nc(Cl)c(Oc2c(Br)cccc2[N+](=O)[O-])nc1C. The molecule has 0 N–H and O–H groups in total. The fraction of sp³-hybridized carbons (Fsp3) is 0.167. The molecule has 6 nitrogen and oxygen atoms in total. The summed E-state index contributed by atoms with van der Waals surface area (Å²) < 4.78 is 5.91. The van der Waals surface area contributed by atoms with E-state index in [0.29, 0.717) is 15.9 Å². The van der Waals surface area contributed by atoms with Crippen LogP contribution in [0.25, 0.3) is 0 Å². The number of hydrogen-bond acceptors (Lipinski definition) is 5. The summed E-state index contributed by atoms with van der Waals surface area (Å²) in [5.74, 6) is 0.0710. The van der Waals surface area contributed by atoms with E-state index in [0.717, 1.165) is 0 Å². The Labute approximate surface area is 128 Å². The van der Waals surface area contributed by atoms with E-state index >= 15 is 0 Å². The third kappa shape index (κ3) is 2.88. The predicted molar refractivity (Wildman–Crippen MR) is 77.4 cm³/mol. The summed E-state index contributed by atoms with van der Waals surface area (Å²) in [5.41, 5.74) is 1.12. The molecule has 0 aliphatic carbocycles. The number of nitrogens with zero attached hydrogens (tertiary/aromatic N) is 3. The van der Waals surface area contributed by atoms with Gasteiger partial charge in [0.15, 0.2) is 5.15 Å². The zero-order valence-corrected chi connectivity index (χ0v) is 12.9. The van der Waals surface area contributed by atoms with E-state index < -0.39 is 4.92 Å². The van der Waals surface area contributed by atoms with Crippen LogP contribution in [0.5, 0.6) is 11.6 Å². The van der Waals surface area contributed by atoms with E-state index in [1.165, 1.54) is 6.07 Å². The Hall–Kier alpha value is -1.73. The van der Waals surface area contributed by atoms with Gasteiger partial charge >= 0.3 is 5.69 Å². The standard InChI is InChI=1S/C12H9BrClN3O3/c1-6-7(2)16-12(11(14)15-6)20-10-8(13)4-3-5-9(10)17(18)19/h3-5H,1-2H3. The first kappa shape index (κ1) is 14.7. The average Bonchev–Trinajstić information content (AvgIpc) is 2.37. The Morgan fingerprint density at radius 3 is 2.60 bits per heavy atom. The van der Waals surface area contributed by atoms with Gasteiger partial charge in [0.25, 0.3) is 5.88 Å². The number of benzene rings is 1. The molecule has 0 spiro atoms. The van der Waals surface area contributed by atoms with Crippen molar-refractivity contribution in [2.24, 2.45) is 0 Å². The van der Waals surface area contributed by atoms with Crippen molar-refractivity contribution >= 4 is 33.2 Å². The molecule has 0 unspecified atom stereocenters. The van der Waals surface area contributed by atoms with E-state index in [2.05, 4.69) is 25.9 Å². The molecule has 0 saturated heterocycles. The van der Waals surface area contributed by atoms with Gasteiger partial charge in [0.2, 0.25) is 5.75 Å². The molecule has 1 aromatic heterocycles. The van der Waals surface area contributed by atoms with E-state index in [9.17, 15) is 10.1 Å². The van der Waals surface area contributed by atoms with Gasteiger partial charge in [0, 0.05) is 6.07 Å². The van der Waals surface area contributed by atoms with E-state index in [-0.39, 0.29) is 22.5 Å². The van der Waals surface area contributed by atoms with Gasteiger partial charge in [0.05, 0.1) is 20.8 Å². The zero-order valence-electron chi connectivity index (χ0n) is 10.6. The Bertz CT molecular complexity index is 694. The van der Waals surface area contributed by atoms with Crippen LogP contribution in [0.3, 0.4) is 0 Å². The van der Waals surface area contributed by atoms with Gasteiger partial charge in [0.1, 0.15) is 0 Å². The molecule has 0 aliphatic heterocycles. The maximum Gasteiger partial charge on any atom is 0.312 e. The molecule has 0 saturated carbocycles. The summed E-state index contributed by atoms with van der Waals surface area (Å²) >= 11 is 9.16. The quantitative estimate of drug-likeness (QED) is 0.606. The van der Waals surface area contributed by atoms with Crippen molar-refractivity contribution in [1.82, 2.24) is 9.97 Å². The molecule has 0 amide bonds. The molecule has 1 aromatic carbocycles. The van der Waals surface area contributed by atoms with Gasteiger partial charge in [-0.05, 0) is 35.8 Å². The molecule has 0 atom stereocenters. The van der Waals surface area contributed by atoms with Crippen LogP contribution in [0.15, 0.2) is 22.7 Å². The third-order valence-electron chi connectivity index (χ3n) is 2.58. The van der Waals surface area contributed by atoms with Crippen molar-refractivity contribution in [3.63, 3.8) is 0 Å². The van der Waals surface area contributed by atoms with Crippen molar-refractivity contribution in [1.29, 1.82) is 0 Å². The van der Waals surface area contributed by atoms with Crippen LogP contribution in [-0.4, -0.2) is 14.9 Å². The molecule has 2 aromatic rings. The van der Waals surface area contributed by atoms with E-state index in [4.69, 9.17) is 16.3 Å². The first-order chi connectivity index (χ1) is 9.40. The minimum absolute atomic E-state index is 0.0322. The van der Waals surface area contributed by atoms with Crippen LogP contribution in [0.2, 0.25) is 5.15 Å². The number of nitro benzene ring substituents is 1. The zero-order chi connectivity index (χ0) is 14.9. The van der Waals surface area contributed by atoms with E-state index in [1.807, 2.05) is 0 Å². The lowest BCUT2D eigenvalue weighted by atomic mass is 10.3. The molecular formula is C12H9BrClN3O3. The number of ether oxygens (including phenoxy) is 1. The number of hydrogen-bond donors (Lipinski definition) is 0. The normalized spacial score (nSPS) is 10.4. The largest absolute Gasteiger partial charge is 0.428 e.